The molecule has 2 aromatic rings. The lowest BCUT2D eigenvalue weighted by Crippen LogP contribution is -2.41. The lowest BCUT2D eigenvalue weighted by molar-refractivity contribution is -0.121. The van der Waals surface area contributed by atoms with Crippen LogP contribution in [0.25, 0.3) is 0 Å². The van der Waals surface area contributed by atoms with Gasteiger partial charge in [-0.2, -0.15) is 4.31 Å². The quantitative estimate of drug-likeness (QED) is 0.623. The van der Waals surface area contributed by atoms with E-state index in [1.54, 1.807) is 0 Å². The fourth-order valence-corrected chi connectivity index (χ4v) is 4.53. The molecule has 144 valence electrons. The third kappa shape index (κ3) is 6.07. The van der Waals surface area contributed by atoms with Crippen LogP contribution in [0.5, 0.6) is 0 Å². The number of amides is 1. The van der Waals surface area contributed by atoms with Gasteiger partial charge in [0.05, 0.1) is 11.6 Å². The molecule has 1 N–H and O–H groups in total. The van der Waals surface area contributed by atoms with Gasteiger partial charge in [-0.1, -0.05) is 59.6 Å². The van der Waals surface area contributed by atoms with E-state index >= 15 is 0 Å². The summed E-state index contributed by atoms with van der Waals surface area (Å²) < 4.78 is 27.3. The maximum Gasteiger partial charge on any atom is 0.245 e. The summed E-state index contributed by atoms with van der Waals surface area (Å²) in [6.07, 6.45) is 1.97. The van der Waals surface area contributed by atoms with Crippen molar-refractivity contribution in [2.45, 2.75) is 11.3 Å². The summed E-state index contributed by atoms with van der Waals surface area (Å²) in [5.41, 5.74) is 0.960. The summed E-state index contributed by atoms with van der Waals surface area (Å²) in [5, 5.41) is 2.89. The molecule has 0 radical (unpaired) electrons. The van der Waals surface area contributed by atoms with Crippen LogP contribution in [0.3, 0.4) is 0 Å². The van der Waals surface area contributed by atoms with Crippen LogP contribution in [0.1, 0.15) is 5.56 Å². The van der Waals surface area contributed by atoms with Crippen LogP contribution in [0.2, 0.25) is 10.0 Å². The number of carbonyl (C=O) groups is 1. The molecule has 0 saturated carbocycles. The SMILES string of the molecule is C=CCNC(=O)CN(CCc1ccccc1)S(=O)(=O)c1cc(Cl)ccc1Cl. The third-order valence-electron chi connectivity index (χ3n) is 3.77. The summed E-state index contributed by atoms with van der Waals surface area (Å²) in [6.45, 7) is 3.57. The second-order valence-electron chi connectivity index (χ2n) is 5.74. The predicted molar refractivity (Wildman–Crippen MR) is 109 cm³/mol. The highest BCUT2D eigenvalue weighted by atomic mass is 35.5. The highest BCUT2D eigenvalue weighted by molar-refractivity contribution is 7.89. The van der Waals surface area contributed by atoms with E-state index in [2.05, 4.69) is 11.9 Å². The first kappa shape index (κ1) is 21.4. The number of carbonyl (C=O) groups excluding carboxylic acids is 1. The van der Waals surface area contributed by atoms with E-state index in [9.17, 15) is 13.2 Å². The van der Waals surface area contributed by atoms with Gasteiger partial charge >= 0.3 is 0 Å². The molecular formula is C19H20Cl2N2O3S. The Balaban J connectivity index is 2.30. The molecule has 27 heavy (non-hydrogen) atoms. The van der Waals surface area contributed by atoms with E-state index < -0.39 is 15.9 Å². The second kappa shape index (κ2) is 9.90. The molecular weight excluding hydrogens is 407 g/mol. The topological polar surface area (TPSA) is 66.5 Å². The molecule has 8 heteroatoms. The average Bonchev–Trinajstić information content (AvgIpc) is 2.65. The van der Waals surface area contributed by atoms with Gasteiger partial charge in [-0.25, -0.2) is 8.42 Å². The molecule has 0 unspecified atom stereocenters. The zero-order valence-electron chi connectivity index (χ0n) is 14.6. The fraction of sp³-hybridized carbons (Fsp3) is 0.211. The van der Waals surface area contributed by atoms with Gasteiger partial charge in [-0.15, -0.1) is 6.58 Å². The first-order valence-corrected chi connectivity index (χ1v) is 10.4. The Morgan fingerprint density at radius 1 is 1.15 bits per heavy atom. The maximum atomic E-state index is 13.1. The number of hydrogen-bond acceptors (Lipinski definition) is 3. The Labute approximate surface area is 169 Å². The molecule has 0 atom stereocenters. The average molecular weight is 427 g/mol. The summed E-state index contributed by atoms with van der Waals surface area (Å²) in [5.74, 6) is -0.426. The van der Waals surface area contributed by atoms with Crippen molar-refractivity contribution in [3.8, 4) is 0 Å². The minimum atomic E-state index is -4.01. The zero-order chi connectivity index (χ0) is 19.9. The predicted octanol–water partition coefficient (Wildman–Crippen LogP) is 3.53. The lowest BCUT2D eigenvalue weighted by Gasteiger charge is -2.22. The Bertz CT molecular complexity index is 902. The molecule has 0 aliphatic heterocycles. The van der Waals surface area contributed by atoms with E-state index in [0.29, 0.717) is 6.42 Å². The van der Waals surface area contributed by atoms with Crippen LogP contribution in [-0.2, 0) is 21.2 Å². The molecule has 0 aromatic heterocycles. The molecule has 0 heterocycles. The highest BCUT2D eigenvalue weighted by Crippen LogP contribution is 2.27. The van der Waals surface area contributed by atoms with Crippen molar-refractivity contribution >= 4 is 39.1 Å². The van der Waals surface area contributed by atoms with Gasteiger partial charge in [0.15, 0.2) is 0 Å². The van der Waals surface area contributed by atoms with Crippen LogP contribution in [0, 0.1) is 0 Å². The number of nitrogens with one attached hydrogen (secondary N) is 1. The Hall–Kier alpha value is -1.86. The van der Waals surface area contributed by atoms with Crippen molar-refractivity contribution in [3.05, 3.63) is 76.8 Å². The summed E-state index contributed by atoms with van der Waals surface area (Å²) in [6, 6.07) is 13.6. The van der Waals surface area contributed by atoms with Crippen LogP contribution in [0.15, 0.2) is 66.1 Å². The number of benzene rings is 2. The second-order valence-corrected chi connectivity index (χ2v) is 8.49. The molecule has 0 aliphatic rings. The third-order valence-corrected chi connectivity index (χ3v) is 6.33. The van der Waals surface area contributed by atoms with Crippen LogP contribution >= 0.6 is 23.2 Å². The van der Waals surface area contributed by atoms with Gasteiger partial charge in [0, 0.05) is 18.1 Å². The molecule has 0 saturated heterocycles. The van der Waals surface area contributed by atoms with Gasteiger partial charge < -0.3 is 5.32 Å². The highest BCUT2D eigenvalue weighted by Gasteiger charge is 2.28. The van der Waals surface area contributed by atoms with Gasteiger partial charge in [0.25, 0.3) is 0 Å². The monoisotopic (exact) mass is 426 g/mol. The maximum absolute atomic E-state index is 13.1. The number of sulfonamides is 1. The number of hydrogen-bond donors (Lipinski definition) is 1. The standard InChI is InChI=1S/C19H20Cl2N2O3S/c1-2-11-22-19(24)14-23(12-10-15-6-4-3-5-7-15)27(25,26)18-13-16(20)8-9-17(18)21/h2-9,13H,1,10-12,14H2,(H,22,24). The van der Waals surface area contributed by atoms with E-state index in [4.69, 9.17) is 23.2 Å². The molecule has 1 amide bonds. The van der Waals surface area contributed by atoms with Crippen molar-refractivity contribution in [1.29, 1.82) is 0 Å². The smallest absolute Gasteiger partial charge is 0.245 e. The van der Waals surface area contributed by atoms with Crippen molar-refractivity contribution in [2.75, 3.05) is 19.6 Å². The Morgan fingerprint density at radius 3 is 2.52 bits per heavy atom. The fourth-order valence-electron chi connectivity index (χ4n) is 2.40. The van der Waals surface area contributed by atoms with Gasteiger partial charge in [-0.05, 0) is 30.2 Å². The lowest BCUT2D eigenvalue weighted by atomic mass is 10.1. The molecule has 2 aromatic carbocycles. The van der Waals surface area contributed by atoms with Crippen LogP contribution in [-0.4, -0.2) is 38.3 Å². The summed E-state index contributed by atoms with van der Waals surface area (Å²) >= 11 is 12.0. The van der Waals surface area contributed by atoms with E-state index in [1.165, 1.54) is 24.3 Å². The van der Waals surface area contributed by atoms with Crippen molar-refractivity contribution in [3.63, 3.8) is 0 Å². The Kier molecular flexibility index (Phi) is 7.86. The molecule has 0 spiro atoms. The summed E-state index contributed by atoms with van der Waals surface area (Å²) in [4.78, 5) is 12.0. The van der Waals surface area contributed by atoms with Crippen LogP contribution in [0.4, 0.5) is 0 Å². The Morgan fingerprint density at radius 2 is 1.85 bits per heavy atom. The first-order valence-electron chi connectivity index (χ1n) is 8.21. The normalized spacial score (nSPS) is 11.4. The van der Waals surface area contributed by atoms with Crippen molar-refractivity contribution in [2.24, 2.45) is 0 Å². The number of halogens is 2. The van der Waals surface area contributed by atoms with Gasteiger partial charge in [0.1, 0.15) is 4.90 Å². The first-order chi connectivity index (χ1) is 12.8. The van der Waals surface area contributed by atoms with Gasteiger partial charge in [-0.3, -0.25) is 4.79 Å². The van der Waals surface area contributed by atoms with Crippen molar-refractivity contribution < 1.29 is 13.2 Å². The van der Waals surface area contributed by atoms with Crippen molar-refractivity contribution in [1.82, 2.24) is 9.62 Å². The van der Waals surface area contributed by atoms with Gasteiger partial charge in [0.2, 0.25) is 15.9 Å². The van der Waals surface area contributed by atoms with E-state index in [-0.39, 0.29) is 34.6 Å². The largest absolute Gasteiger partial charge is 0.351 e. The summed E-state index contributed by atoms with van der Waals surface area (Å²) in [7, 11) is -4.01. The molecule has 0 aliphatic carbocycles. The number of rotatable bonds is 9. The van der Waals surface area contributed by atoms with E-state index in [0.717, 1.165) is 9.87 Å². The molecule has 0 fully saturated rings. The number of nitrogens with zero attached hydrogens (tertiary/aromatic N) is 1. The molecule has 2 rings (SSSR count). The van der Waals surface area contributed by atoms with Crippen LogP contribution < -0.4 is 5.32 Å². The van der Waals surface area contributed by atoms with E-state index in [1.807, 2.05) is 30.3 Å². The molecule has 5 nitrogen and oxygen atoms in total. The zero-order valence-corrected chi connectivity index (χ0v) is 16.9. The minimum Gasteiger partial charge on any atom is -0.351 e. The molecule has 0 bridgehead atoms. The minimum absolute atomic E-state index is 0.0515.